The number of thiophene rings is 1. The number of amides is 1. The summed E-state index contributed by atoms with van der Waals surface area (Å²) < 4.78 is 2.41. The maximum absolute atomic E-state index is 13.0. The number of hydrogen-bond donors (Lipinski definition) is 2. The van der Waals surface area contributed by atoms with E-state index in [0.717, 1.165) is 28.2 Å². The standard InChI is InChI=1S/C27H30N4OS2/c1-3-4-6-20-10-14-21(15-11-20)25(23-7-5-18-34-23)28-24(32)16-17-31-26(29-30-27(31)33)22-12-8-19(2)9-13-22/h5,7-15,18,25H,3-4,6,16-17H2,1-2H3,(H,28,32)(H,30,33). The number of unbranched alkanes of at least 4 members (excludes halogenated alkanes) is 1. The van der Waals surface area contributed by atoms with Gasteiger partial charge < -0.3 is 5.32 Å². The monoisotopic (exact) mass is 490 g/mol. The fourth-order valence-corrected chi connectivity index (χ4v) is 4.95. The average molecular weight is 491 g/mol. The molecule has 2 aromatic carbocycles. The van der Waals surface area contributed by atoms with Gasteiger partial charge in [-0.25, -0.2) is 0 Å². The lowest BCUT2D eigenvalue weighted by Gasteiger charge is -2.19. The first-order chi connectivity index (χ1) is 16.5. The van der Waals surface area contributed by atoms with Crippen molar-refractivity contribution >= 4 is 29.5 Å². The second kappa shape index (κ2) is 11.4. The molecule has 0 spiro atoms. The average Bonchev–Trinajstić information content (AvgIpc) is 3.51. The molecule has 34 heavy (non-hydrogen) atoms. The van der Waals surface area contributed by atoms with Crippen LogP contribution in [0.4, 0.5) is 0 Å². The second-order valence-corrected chi connectivity index (χ2v) is 9.85. The van der Waals surface area contributed by atoms with E-state index in [2.05, 4.69) is 52.8 Å². The van der Waals surface area contributed by atoms with E-state index in [-0.39, 0.29) is 11.9 Å². The predicted molar refractivity (Wildman–Crippen MR) is 142 cm³/mol. The second-order valence-electron chi connectivity index (χ2n) is 8.48. The molecule has 0 aliphatic carbocycles. The smallest absolute Gasteiger partial charge is 0.222 e. The van der Waals surface area contributed by atoms with Crippen molar-refractivity contribution in [3.63, 3.8) is 0 Å². The molecule has 1 atom stereocenters. The first-order valence-corrected chi connectivity index (χ1v) is 13.0. The summed E-state index contributed by atoms with van der Waals surface area (Å²) in [6.07, 6.45) is 3.76. The Hall–Kier alpha value is -3.03. The molecule has 2 heterocycles. The molecule has 1 unspecified atom stereocenters. The van der Waals surface area contributed by atoms with E-state index < -0.39 is 0 Å². The Balaban J connectivity index is 1.47. The SMILES string of the molecule is CCCCc1ccc(C(NC(=O)CCn2c(-c3ccc(C)cc3)n[nH]c2=S)c2cccs2)cc1. The number of aryl methyl sites for hydroxylation is 2. The zero-order valence-electron chi connectivity index (χ0n) is 19.6. The van der Waals surface area contributed by atoms with E-state index in [9.17, 15) is 4.79 Å². The maximum Gasteiger partial charge on any atom is 0.222 e. The van der Waals surface area contributed by atoms with E-state index in [0.29, 0.717) is 17.7 Å². The topological polar surface area (TPSA) is 62.7 Å². The quantitative estimate of drug-likeness (QED) is 0.246. The minimum absolute atomic E-state index is 0.0218. The largest absolute Gasteiger partial charge is 0.344 e. The Labute approximate surface area is 209 Å². The van der Waals surface area contributed by atoms with Crippen molar-refractivity contribution in [3.05, 3.63) is 92.4 Å². The third-order valence-corrected chi connectivity index (χ3v) is 7.14. The third-order valence-electron chi connectivity index (χ3n) is 5.90. The van der Waals surface area contributed by atoms with Crippen LogP contribution in [0.25, 0.3) is 11.4 Å². The molecule has 0 saturated carbocycles. The molecule has 0 radical (unpaired) electrons. The Morgan fingerprint density at radius 1 is 1.15 bits per heavy atom. The molecule has 5 nitrogen and oxygen atoms in total. The van der Waals surface area contributed by atoms with Crippen molar-refractivity contribution in [2.24, 2.45) is 0 Å². The van der Waals surface area contributed by atoms with Crippen LogP contribution in [0.2, 0.25) is 0 Å². The van der Waals surface area contributed by atoms with Crippen LogP contribution in [-0.2, 0) is 17.8 Å². The molecule has 4 aromatic rings. The number of carbonyl (C=O) groups is 1. The van der Waals surface area contributed by atoms with Gasteiger partial charge in [0.1, 0.15) is 0 Å². The number of nitrogens with zero attached hydrogens (tertiary/aromatic N) is 2. The van der Waals surface area contributed by atoms with E-state index >= 15 is 0 Å². The van der Waals surface area contributed by atoms with Gasteiger partial charge in [-0.2, -0.15) is 5.10 Å². The molecule has 0 aliphatic heterocycles. The van der Waals surface area contributed by atoms with Crippen LogP contribution in [0.15, 0.2) is 66.0 Å². The van der Waals surface area contributed by atoms with Gasteiger partial charge in [-0.15, -0.1) is 11.3 Å². The highest BCUT2D eigenvalue weighted by Crippen LogP contribution is 2.27. The molecule has 2 aromatic heterocycles. The van der Waals surface area contributed by atoms with Crippen molar-refractivity contribution in [2.45, 2.75) is 52.1 Å². The van der Waals surface area contributed by atoms with E-state index in [4.69, 9.17) is 12.2 Å². The number of H-pyrrole nitrogens is 1. The Morgan fingerprint density at radius 3 is 2.59 bits per heavy atom. The molecule has 0 fully saturated rings. The van der Waals surface area contributed by atoms with Crippen LogP contribution in [0, 0.1) is 11.7 Å². The van der Waals surface area contributed by atoms with Crippen LogP contribution < -0.4 is 5.32 Å². The first kappa shape index (κ1) is 24.1. The Bertz CT molecular complexity index is 1260. The molecule has 0 aliphatic rings. The van der Waals surface area contributed by atoms with Gasteiger partial charge in [0.15, 0.2) is 10.6 Å². The molecular formula is C27H30N4OS2. The fourth-order valence-electron chi connectivity index (χ4n) is 3.93. The molecule has 176 valence electrons. The fraction of sp³-hybridized carbons (Fsp3) is 0.296. The summed E-state index contributed by atoms with van der Waals surface area (Å²) in [6, 6.07) is 20.7. The number of hydrogen-bond acceptors (Lipinski definition) is 4. The minimum atomic E-state index is -0.165. The van der Waals surface area contributed by atoms with Crippen molar-refractivity contribution in [3.8, 4) is 11.4 Å². The summed E-state index contributed by atoms with van der Waals surface area (Å²) in [4.78, 5) is 14.2. The molecule has 0 bridgehead atoms. The zero-order chi connectivity index (χ0) is 23.9. The summed E-state index contributed by atoms with van der Waals surface area (Å²) in [5.41, 5.74) is 4.58. The highest BCUT2D eigenvalue weighted by atomic mass is 32.1. The number of aromatic amines is 1. The molecule has 1 amide bonds. The van der Waals surface area contributed by atoms with Crippen LogP contribution >= 0.6 is 23.6 Å². The Morgan fingerprint density at radius 2 is 1.91 bits per heavy atom. The van der Waals surface area contributed by atoms with Crippen LogP contribution in [0.1, 0.15) is 53.8 Å². The number of rotatable bonds is 10. The van der Waals surface area contributed by atoms with Crippen molar-refractivity contribution in [2.75, 3.05) is 0 Å². The van der Waals surface area contributed by atoms with Gasteiger partial charge in [-0.1, -0.05) is 73.5 Å². The van der Waals surface area contributed by atoms with Gasteiger partial charge in [0.05, 0.1) is 6.04 Å². The number of carbonyl (C=O) groups excluding carboxylic acids is 1. The van der Waals surface area contributed by atoms with Crippen molar-refractivity contribution in [1.82, 2.24) is 20.1 Å². The number of nitrogens with one attached hydrogen (secondary N) is 2. The van der Waals surface area contributed by atoms with E-state index in [1.165, 1.54) is 24.0 Å². The summed E-state index contributed by atoms with van der Waals surface area (Å²) in [5, 5.41) is 12.5. The van der Waals surface area contributed by atoms with Crippen LogP contribution in [0.5, 0.6) is 0 Å². The molecule has 0 saturated heterocycles. The number of aromatic nitrogens is 3. The molecule has 2 N–H and O–H groups in total. The summed E-state index contributed by atoms with van der Waals surface area (Å²) in [5.74, 6) is 0.724. The minimum Gasteiger partial charge on any atom is -0.344 e. The highest BCUT2D eigenvalue weighted by Gasteiger charge is 2.19. The van der Waals surface area contributed by atoms with Gasteiger partial charge in [0, 0.05) is 23.4 Å². The highest BCUT2D eigenvalue weighted by molar-refractivity contribution is 7.71. The van der Waals surface area contributed by atoms with Gasteiger partial charge >= 0.3 is 0 Å². The van der Waals surface area contributed by atoms with E-state index in [1.807, 2.05) is 47.2 Å². The van der Waals surface area contributed by atoms with Gasteiger partial charge in [-0.05, 0) is 54.6 Å². The van der Waals surface area contributed by atoms with Crippen LogP contribution in [0.3, 0.4) is 0 Å². The van der Waals surface area contributed by atoms with E-state index in [1.54, 1.807) is 11.3 Å². The van der Waals surface area contributed by atoms with Gasteiger partial charge in [-0.3, -0.25) is 14.5 Å². The lowest BCUT2D eigenvalue weighted by Crippen LogP contribution is -2.29. The maximum atomic E-state index is 13.0. The van der Waals surface area contributed by atoms with Crippen molar-refractivity contribution in [1.29, 1.82) is 0 Å². The predicted octanol–water partition coefficient (Wildman–Crippen LogP) is 6.62. The van der Waals surface area contributed by atoms with Gasteiger partial charge in [0.25, 0.3) is 0 Å². The summed E-state index contributed by atoms with van der Waals surface area (Å²) >= 11 is 7.09. The molecule has 4 rings (SSSR count). The van der Waals surface area contributed by atoms with Crippen molar-refractivity contribution < 1.29 is 4.79 Å². The lowest BCUT2D eigenvalue weighted by molar-refractivity contribution is -0.121. The third kappa shape index (κ3) is 5.90. The molecule has 7 heteroatoms. The summed E-state index contributed by atoms with van der Waals surface area (Å²) in [7, 11) is 0. The van der Waals surface area contributed by atoms with Crippen LogP contribution in [-0.4, -0.2) is 20.7 Å². The molecular weight excluding hydrogens is 460 g/mol. The zero-order valence-corrected chi connectivity index (χ0v) is 21.2. The normalized spacial score (nSPS) is 11.9. The number of benzene rings is 2. The van der Waals surface area contributed by atoms with Gasteiger partial charge in [0.2, 0.25) is 5.91 Å². The first-order valence-electron chi connectivity index (χ1n) is 11.7. The Kier molecular flexibility index (Phi) is 8.08. The summed E-state index contributed by atoms with van der Waals surface area (Å²) in [6.45, 7) is 4.71. The lowest BCUT2D eigenvalue weighted by atomic mass is 10.0.